The SMILES string of the molecule is CCC(C)(C)C(=O)OCC(=O)OCC(=O)OC1(C)CCCCC1. The van der Waals surface area contributed by atoms with Gasteiger partial charge in [-0.3, -0.25) is 4.79 Å². The molecule has 0 saturated heterocycles. The first kappa shape index (κ1) is 19.5. The van der Waals surface area contributed by atoms with Crippen LogP contribution in [0.25, 0.3) is 0 Å². The molecule has 0 aromatic rings. The van der Waals surface area contributed by atoms with Gasteiger partial charge in [-0.05, 0) is 52.9 Å². The summed E-state index contributed by atoms with van der Waals surface area (Å²) < 4.78 is 15.1. The molecule has 6 nitrogen and oxygen atoms in total. The fraction of sp³-hybridized carbons (Fsp3) is 0.824. The highest BCUT2D eigenvalue weighted by molar-refractivity contribution is 5.81. The van der Waals surface area contributed by atoms with Crippen LogP contribution in [0.1, 0.15) is 66.2 Å². The predicted octanol–water partition coefficient (Wildman–Crippen LogP) is 2.78. The monoisotopic (exact) mass is 328 g/mol. The lowest BCUT2D eigenvalue weighted by atomic mass is 9.86. The lowest BCUT2D eigenvalue weighted by Gasteiger charge is -2.33. The van der Waals surface area contributed by atoms with Crippen LogP contribution < -0.4 is 0 Å². The minimum Gasteiger partial charge on any atom is -0.457 e. The number of carbonyl (C=O) groups excluding carboxylic acids is 3. The van der Waals surface area contributed by atoms with Gasteiger partial charge in [-0.15, -0.1) is 0 Å². The van der Waals surface area contributed by atoms with Gasteiger partial charge in [0.05, 0.1) is 5.41 Å². The molecule has 0 radical (unpaired) electrons. The van der Waals surface area contributed by atoms with Crippen LogP contribution in [-0.4, -0.2) is 36.7 Å². The fourth-order valence-electron chi connectivity index (χ4n) is 2.35. The average Bonchev–Trinajstić information content (AvgIpc) is 2.50. The third kappa shape index (κ3) is 6.59. The lowest BCUT2D eigenvalue weighted by Crippen LogP contribution is -2.35. The maximum atomic E-state index is 11.8. The summed E-state index contributed by atoms with van der Waals surface area (Å²) in [6.45, 7) is 6.30. The van der Waals surface area contributed by atoms with Crippen LogP contribution in [0.5, 0.6) is 0 Å². The molecule has 0 heterocycles. The Morgan fingerprint density at radius 3 is 2.09 bits per heavy atom. The maximum Gasteiger partial charge on any atom is 0.344 e. The first-order valence-electron chi connectivity index (χ1n) is 8.23. The molecular formula is C17H28O6. The van der Waals surface area contributed by atoms with Gasteiger partial charge in [-0.2, -0.15) is 0 Å². The first-order chi connectivity index (χ1) is 10.7. The quantitative estimate of drug-likeness (QED) is 0.528. The van der Waals surface area contributed by atoms with Crippen LogP contribution in [0.15, 0.2) is 0 Å². The molecule has 0 aromatic carbocycles. The number of ether oxygens (including phenoxy) is 3. The molecule has 0 bridgehead atoms. The zero-order valence-corrected chi connectivity index (χ0v) is 14.6. The van der Waals surface area contributed by atoms with Crippen molar-refractivity contribution in [3.05, 3.63) is 0 Å². The van der Waals surface area contributed by atoms with Gasteiger partial charge in [0.1, 0.15) is 5.60 Å². The Kier molecular flexibility index (Phi) is 7.03. The van der Waals surface area contributed by atoms with E-state index in [4.69, 9.17) is 14.2 Å². The van der Waals surface area contributed by atoms with Crippen LogP contribution in [0.4, 0.5) is 0 Å². The molecule has 0 spiro atoms. The van der Waals surface area contributed by atoms with E-state index in [1.807, 2.05) is 13.8 Å². The molecule has 0 aliphatic heterocycles. The smallest absolute Gasteiger partial charge is 0.344 e. The second-order valence-corrected chi connectivity index (χ2v) is 6.96. The summed E-state index contributed by atoms with van der Waals surface area (Å²) in [5.41, 5.74) is -1.10. The molecule has 1 aliphatic carbocycles. The largest absolute Gasteiger partial charge is 0.457 e. The molecule has 6 heteroatoms. The van der Waals surface area contributed by atoms with E-state index in [1.54, 1.807) is 13.8 Å². The van der Waals surface area contributed by atoms with Crippen molar-refractivity contribution in [3.8, 4) is 0 Å². The van der Waals surface area contributed by atoms with Gasteiger partial charge in [0.15, 0.2) is 13.2 Å². The van der Waals surface area contributed by atoms with Gasteiger partial charge < -0.3 is 14.2 Å². The average molecular weight is 328 g/mol. The molecule has 0 amide bonds. The van der Waals surface area contributed by atoms with Gasteiger partial charge in [0, 0.05) is 0 Å². The van der Waals surface area contributed by atoms with Crippen molar-refractivity contribution < 1.29 is 28.6 Å². The molecule has 1 aliphatic rings. The third-order valence-electron chi connectivity index (χ3n) is 4.38. The van der Waals surface area contributed by atoms with Crippen LogP contribution >= 0.6 is 0 Å². The molecule has 1 rings (SSSR count). The number of rotatable bonds is 7. The van der Waals surface area contributed by atoms with Gasteiger partial charge in [0.25, 0.3) is 0 Å². The normalized spacial score (nSPS) is 17.2. The molecule has 0 atom stereocenters. The molecule has 1 saturated carbocycles. The maximum absolute atomic E-state index is 11.8. The van der Waals surface area contributed by atoms with E-state index in [-0.39, 0.29) is 0 Å². The minimum atomic E-state index is -0.754. The van der Waals surface area contributed by atoms with Gasteiger partial charge in [-0.25, -0.2) is 9.59 Å². The summed E-state index contributed by atoms with van der Waals surface area (Å²) in [5.74, 6) is -1.78. The van der Waals surface area contributed by atoms with E-state index in [2.05, 4.69) is 0 Å². The van der Waals surface area contributed by atoms with Crippen LogP contribution in [0.2, 0.25) is 0 Å². The Labute approximate surface area is 137 Å². The number of carbonyl (C=O) groups is 3. The first-order valence-corrected chi connectivity index (χ1v) is 8.23. The van der Waals surface area contributed by atoms with Crippen molar-refractivity contribution in [2.45, 2.75) is 71.8 Å². The summed E-state index contributed by atoms with van der Waals surface area (Å²) >= 11 is 0. The predicted molar refractivity (Wildman–Crippen MR) is 83.6 cm³/mol. The van der Waals surface area contributed by atoms with Crippen molar-refractivity contribution in [2.24, 2.45) is 5.41 Å². The molecule has 0 unspecified atom stereocenters. The zero-order valence-electron chi connectivity index (χ0n) is 14.6. The Morgan fingerprint density at radius 1 is 0.957 bits per heavy atom. The molecular weight excluding hydrogens is 300 g/mol. The van der Waals surface area contributed by atoms with E-state index in [9.17, 15) is 14.4 Å². The Morgan fingerprint density at radius 2 is 1.52 bits per heavy atom. The van der Waals surface area contributed by atoms with Gasteiger partial charge in [0.2, 0.25) is 0 Å². The van der Waals surface area contributed by atoms with Gasteiger partial charge in [-0.1, -0.05) is 13.3 Å². The summed E-state index contributed by atoms with van der Waals surface area (Å²) in [7, 11) is 0. The molecule has 0 aromatic heterocycles. The highest BCUT2D eigenvalue weighted by Gasteiger charge is 2.31. The van der Waals surface area contributed by atoms with E-state index in [0.29, 0.717) is 6.42 Å². The third-order valence-corrected chi connectivity index (χ3v) is 4.38. The summed E-state index contributed by atoms with van der Waals surface area (Å²) in [5, 5.41) is 0. The Bertz CT molecular complexity index is 434. The summed E-state index contributed by atoms with van der Waals surface area (Å²) in [6, 6.07) is 0. The summed E-state index contributed by atoms with van der Waals surface area (Å²) in [4.78, 5) is 35.0. The Balaban J connectivity index is 2.27. The highest BCUT2D eigenvalue weighted by Crippen LogP contribution is 2.31. The number of hydrogen-bond acceptors (Lipinski definition) is 6. The molecule has 23 heavy (non-hydrogen) atoms. The van der Waals surface area contributed by atoms with E-state index >= 15 is 0 Å². The second kappa shape index (κ2) is 8.31. The minimum absolute atomic E-state index is 0.455. The van der Waals surface area contributed by atoms with Crippen molar-refractivity contribution in [1.82, 2.24) is 0 Å². The number of hydrogen-bond donors (Lipinski definition) is 0. The molecule has 132 valence electrons. The second-order valence-electron chi connectivity index (χ2n) is 6.96. The van der Waals surface area contributed by atoms with E-state index < -0.39 is 42.1 Å². The Hall–Kier alpha value is -1.59. The highest BCUT2D eigenvalue weighted by atomic mass is 16.6. The standard InChI is InChI=1S/C17H28O6/c1-5-16(2,3)15(20)22-11-13(18)21-12-14(19)23-17(4)9-7-6-8-10-17/h5-12H2,1-4H3. The molecule has 1 fully saturated rings. The van der Waals surface area contributed by atoms with Crippen LogP contribution in [0, 0.1) is 5.41 Å². The summed E-state index contributed by atoms with van der Waals surface area (Å²) in [6.07, 6.45) is 5.49. The molecule has 0 N–H and O–H groups in total. The number of esters is 3. The van der Waals surface area contributed by atoms with E-state index in [1.165, 1.54) is 0 Å². The zero-order chi connectivity index (χ0) is 17.5. The fourth-order valence-corrected chi connectivity index (χ4v) is 2.35. The van der Waals surface area contributed by atoms with Crippen molar-refractivity contribution >= 4 is 17.9 Å². The van der Waals surface area contributed by atoms with Gasteiger partial charge >= 0.3 is 17.9 Å². The van der Waals surface area contributed by atoms with Crippen molar-refractivity contribution in [1.29, 1.82) is 0 Å². The van der Waals surface area contributed by atoms with Crippen LogP contribution in [0.3, 0.4) is 0 Å². The topological polar surface area (TPSA) is 78.9 Å². The van der Waals surface area contributed by atoms with Crippen molar-refractivity contribution in [2.75, 3.05) is 13.2 Å². The van der Waals surface area contributed by atoms with Crippen molar-refractivity contribution in [3.63, 3.8) is 0 Å². The lowest BCUT2D eigenvalue weighted by molar-refractivity contribution is -0.174. The van der Waals surface area contributed by atoms with E-state index in [0.717, 1.165) is 32.1 Å². The van der Waals surface area contributed by atoms with Crippen LogP contribution in [-0.2, 0) is 28.6 Å².